The van der Waals surface area contributed by atoms with E-state index in [0.29, 0.717) is 29.1 Å². The normalized spacial score (nSPS) is 14.5. The number of methoxy groups -OCH3 is 1. The second-order valence-electron chi connectivity index (χ2n) is 9.36. The SMILES string of the molecule is CCc1cc(Nc2ncc(Cl)c(Nc3ccccc3S(=O)(=O)C(C)C)n2)c(OC)cc1C1CCNCC1. The molecule has 1 saturated heterocycles. The number of sulfone groups is 1. The summed E-state index contributed by atoms with van der Waals surface area (Å²) in [6.07, 6.45) is 4.58. The van der Waals surface area contributed by atoms with Gasteiger partial charge in [0.15, 0.2) is 15.7 Å². The zero-order chi connectivity index (χ0) is 26.6. The molecule has 3 N–H and O–H groups in total. The molecule has 4 rings (SSSR count). The predicted octanol–water partition coefficient (Wildman–Crippen LogP) is 5.84. The molecule has 1 fully saturated rings. The average molecular weight is 544 g/mol. The third-order valence-corrected chi connectivity index (χ3v) is 9.17. The predicted molar refractivity (Wildman–Crippen MR) is 150 cm³/mol. The number of rotatable bonds is 9. The van der Waals surface area contributed by atoms with Crippen molar-refractivity contribution in [2.75, 3.05) is 30.8 Å². The molecule has 37 heavy (non-hydrogen) atoms. The summed E-state index contributed by atoms with van der Waals surface area (Å²) in [6.45, 7) is 7.50. The molecule has 0 saturated carbocycles. The van der Waals surface area contributed by atoms with Crippen LogP contribution in [0.2, 0.25) is 5.02 Å². The van der Waals surface area contributed by atoms with E-state index in [1.807, 2.05) is 0 Å². The van der Waals surface area contributed by atoms with Crippen LogP contribution < -0.4 is 20.7 Å². The lowest BCUT2D eigenvalue weighted by atomic mass is 9.86. The third kappa shape index (κ3) is 6.00. The van der Waals surface area contributed by atoms with Crippen LogP contribution in [0.4, 0.5) is 23.1 Å². The van der Waals surface area contributed by atoms with Crippen LogP contribution in [0.5, 0.6) is 5.75 Å². The summed E-state index contributed by atoms with van der Waals surface area (Å²) in [5.74, 6) is 1.83. The molecule has 8 nitrogen and oxygen atoms in total. The van der Waals surface area contributed by atoms with Gasteiger partial charge in [-0.2, -0.15) is 4.98 Å². The van der Waals surface area contributed by atoms with E-state index in [0.717, 1.165) is 38.0 Å². The minimum atomic E-state index is -3.51. The summed E-state index contributed by atoms with van der Waals surface area (Å²) in [6, 6.07) is 11.0. The molecule has 10 heteroatoms. The Bertz CT molecular complexity index is 1360. The maximum atomic E-state index is 12.9. The van der Waals surface area contributed by atoms with Gasteiger partial charge in [-0.3, -0.25) is 0 Å². The molecule has 1 aromatic heterocycles. The van der Waals surface area contributed by atoms with Gasteiger partial charge in [-0.05, 0) is 87.5 Å². The molecule has 2 heterocycles. The Labute approximate surface area is 224 Å². The van der Waals surface area contributed by atoms with E-state index in [2.05, 4.69) is 45.0 Å². The van der Waals surface area contributed by atoms with E-state index in [1.165, 1.54) is 17.3 Å². The molecule has 0 radical (unpaired) electrons. The van der Waals surface area contributed by atoms with Crippen molar-refractivity contribution in [3.63, 3.8) is 0 Å². The Morgan fingerprint density at radius 3 is 2.54 bits per heavy atom. The van der Waals surface area contributed by atoms with Gasteiger partial charge in [-0.15, -0.1) is 0 Å². The molecule has 2 aromatic carbocycles. The quantitative estimate of drug-likeness (QED) is 0.309. The van der Waals surface area contributed by atoms with Crippen molar-refractivity contribution in [2.24, 2.45) is 0 Å². The molecule has 198 valence electrons. The Kier molecular flexibility index (Phi) is 8.56. The average Bonchev–Trinajstić information content (AvgIpc) is 2.91. The summed E-state index contributed by atoms with van der Waals surface area (Å²) in [5.41, 5.74) is 3.75. The zero-order valence-electron chi connectivity index (χ0n) is 21.6. The Hall–Kier alpha value is -2.88. The van der Waals surface area contributed by atoms with E-state index < -0.39 is 15.1 Å². The second kappa shape index (κ2) is 11.7. The first-order valence-corrected chi connectivity index (χ1v) is 14.5. The van der Waals surface area contributed by atoms with Crippen LogP contribution in [0.1, 0.15) is 50.7 Å². The van der Waals surface area contributed by atoms with E-state index in [4.69, 9.17) is 16.3 Å². The van der Waals surface area contributed by atoms with Crippen molar-refractivity contribution in [1.82, 2.24) is 15.3 Å². The number of nitrogens with zero attached hydrogens (tertiary/aromatic N) is 2. The molecule has 0 aliphatic carbocycles. The van der Waals surface area contributed by atoms with Crippen molar-refractivity contribution in [2.45, 2.75) is 56.1 Å². The first-order chi connectivity index (χ1) is 17.7. The van der Waals surface area contributed by atoms with Gasteiger partial charge in [0, 0.05) is 0 Å². The lowest BCUT2D eigenvalue weighted by molar-refractivity contribution is 0.412. The molecule has 0 amide bonds. The van der Waals surface area contributed by atoms with Crippen LogP contribution in [0.3, 0.4) is 0 Å². The van der Waals surface area contributed by atoms with Crippen molar-refractivity contribution in [1.29, 1.82) is 0 Å². The smallest absolute Gasteiger partial charge is 0.229 e. The van der Waals surface area contributed by atoms with Crippen molar-refractivity contribution in [3.8, 4) is 5.75 Å². The Morgan fingerprint density at radius 2 is 1.86 bits per heavy atom. The first-order valence-electron chi connectivity index (χ1n) is 12.6. The number of benzene rings is 2. The number of para-hydroxylation sites is 1. The summed E-state index contributed by atoms with van der Waals surface area (Å²) < 4.78 is 31.5. The topological polar surface area (TPSA) is 105 Å². The molecule has 0 bridgehead atoms. The van der Waals surface area contributed by atoms with Gasteiger partial charge in [-0.1, -0.05) is 30.7 Å². The van der Waals surface area contributed by atoms with Gasteiger partial charge in [-0.25, -0.2) is 13.4 Å². The Balaban J connectivity index is 1.65. The standard InChI is InChI=1S/C27H34ClN5O3S/c1-5-18-14-23(24(36-4)15-20(18)19-10-12-29-13-11-19)32-27-30-16-21(28)26(33-27)31-22-8-6-7-9-25(22)37(34,35)17(2)3/h6-9,14-17,19,29H,5,10-13H2,1-4H3,(H2,30,31,32,33). The van der Waals surface area contributed by atoms with Crippen LogP contribution in [0.15, 0.2) is 47.5 Å². The molecule has 3 aromatic rings. The molecule has 0 unspecified atom stereocenters. The molecule has 0 atom stereocenters. The number of aromatic nitrogens is 2. The van der Waals surface area contributed by atoms with E-state index >= 15 is 0 Å². The highest BCUT2D eigenvalue weighted by Crippen LogP contribution is 2.37. The minimum Gasteiger partial charge on any atom is -0.495 e. The Morgan fingerprint density at radius 1 is 1.14 bits per heavy atom. The number of aryl methyl sites for hydroxylation is 1. The minimum absolute atomic E-state index is 0.192. The molecule has 1 aliphatic rings. The van der Waals surface area contributed by atoms with Crippen LogP contribution in [0.25, 0.3) is 0 Å². The summed E-state index contributed by atoms with van der Waals surface area (Å²) in [4.78, 5) is 9.08. The summed E-state index contributed by atoms with van der Waals surface area (Å²) >= 11 is 6.40. The zero-order valence-corrected chi connectivity index (χ0v) is 23.2. The second-order valence-corrected chi connectivity index (χ2v) is 12.2. The van der Waals surface area contributed by atoms with Crippen molar-refractivity contribution < 1.29 is 13.2 Å². The molecule has 1 aliphatic heterocycles. The van der Waals surface area contributed by atoms with E-state index in [9.17, 15) is 8.42 Å². The number of ether oxygens (including phenoxy) is 1. The van der Waals surface area contributed by atoms with Gasteiger partial charge < -0.3 is 20.7 Å². The van der Waals surface area contributed by atoms with Crippen molar-refractivity contribution >= 4 is 44.6 Å². The summed E-state index contributed by atoms with van der Waals surface area (Å²) in [5, 5.41) is 9.49. The fourth-order valence-corrected chi connectivity index (χ4v) is 5.90. The van der Waals surface area contributed by atoms with Crippen LogP contribution in [-0.4, -0.2) is 43.8 Å². The largest absolute Gasteiger partial charge is 0.495 e. The maximum absolute atomic E-state index is 12.9. The van der Waals surface area contributed by atoms with E-state index in [1.54, 1.807) is 45.2 Å². The fraction of sp³-hybridized carbons (Fsp3) is 0.407. The monoisotopic (exact) mass is 543 g/mol. The molecular formula is C27H34ClN5O3S. The first kappa shape index (κ1) is 27.2. The van der Waals surface area contributed by atoms with Crippen LogP contribution in [0, 0.1) is 0 Å². The van der Waals surface area contributed by atoms with Gasteiger partial charge in [0.1, 0.15) is 10.8 Å². The van der Waals surface area contributed by atoms with Crippen molar-refractivity contribution in [3.05, 3.63) is 58.7 Å². The lowest BCUT2D eigenvalue weighted by Gasteiger charge is -2.26. The van der Waals surface area contributed by atoms with Gasteiger partial charge in [0.2, 0.25) is 5.95 Å². The summed E-state index contributed by atoms with van der Waals surface area (Å²) in [7, 11) is -1.86. The van der Waals surface area contributed by atoms with Crippen LogP contribution >= 0.6 is 11.6 Å². The highest BCUT2D eigenvalue weighted by atomic mass is 35.5. The maximum Gasteiger partial charge on any atom is 0.229 e. The number of halogens is 1. The number of hydrogen-bond acceptors (Lipinski definition) is 8. The van der Waals surface area contributed by atoms with Gasteiger partial charge in [0.05, 0.1) is 34.8 Å². The van der Waals surface area contributed by atoms with Gasteiger partial charge >= 0.3 is 0 Å². The molecular weight excluding hydrogens is 510 g/mol. The highest BCUT2D eigenvalue weighted by molar-refractivity contribution is 7.92. The third-order valence-electron chi connectivity index (χ3n) is 6.68. The fourth-order valence-electron chi connectivity index (χ4n) is 4.56. The molecule has 0 spiro atoms. The lowest BCUT2D eigenvalue weighted by Crippen LogP contribution is -2.27. The van der Waals surface area contributed by atoms with Crippen LogP contribution in [-0.2, 0) is 16.3 Å². The van der Waals surface area contributed by atoms with E-state index in [-0.39, 0.29) is 9.92 Å². The highest BCUT2D eigenvalue weighted by Gasteiger charge is 2.24. The number of nitrogens with one attached hydrogen (secondary N) is 3. The van der Waals surface area contributed by atoms with Gasteiger partial charge in [0.25, 0.3) is 0 Å². The number of anilines is 4. The number of hydrogen-bond donors (Lipinski definition) is 3. The number of piperidine rings is 1.